The average molecular weight is 304 g/mol. The first-order valence-electron chi connectivity index (χ1n) is 5.45. The van der Waals surface area contributed by atoms with Crippen LogP contribution in [0.4, 0.5) is 0 Å². The molecule has 0 saturated carbocycles. The van der Waals surface area contributed by atoms with Gasteiger partial charge in [-0.1, -0.05) is 15.9 Å². The van der Waals surface area contributed by atoms with Gasteiger partial charge in [-0.15, -0.1) is 0 Å². The van der Waals surface area contributed by atoms with Crippen LogP contribution < -0.4 is 0 Å². The van der Waals surface area contributed by atoms with E-state index in [0.29, 0.717) is 17.0 Å². The topological polar surface area (TPSA) is 61.8 Å². The molecule has 0 aliphatic rings. The van der Waals surface area contributed by atoms with Crippen LogP contribution >= 0.6 is 15.9 Å². The number of imidazole rings is 1. The third-order valence-electron chi connectivity index (χ3n) is 2.69. The third-order valence-corrected chi connectivity index (χ3v) is 3.18. The third kappa shape index (κ3) is 1.86. The Labute approximate surface area is 112 Å². The number of nitrogens with zero attached hydrogens (tertiary/aromatic N) is 2. The van der Waals surface area contributed by atoms with Gasteiger partial charge in [0, 0.05) is 10.7 Å². The second kappa shape index (κ2) is 4.10. The maximum atomic E-state index is 9.91. The van der Waals surface area contributed by atoms with Crippen LogP contribution in [0.15, 0.2) is 34.9 Å². The molecule has 2 heterocycles. The standard InChI is InChI=1S/C13H10BrN3O/c1-7-4-10-13(15-6-7)17-12(16-10)9-3-2-8(14)5-11(9)18/h2-6,18H,1H3,(H,15,16,17). The van der Waals surface area contributed by atoms with Gasteiger partial charge in [0.15, 0.2) is 5.65 Å². The van der Waals surface area contributed by atoms with Crippen molar-refractivity contribution >= 4 is 27.1 Å². The van der Waals surface area contributed by atoms with Crippen LogP contribution in [0.25, 0.3) is 22.6 Å². The van der Waals surface area contributed by atoms with Gasteiger partial charge in [0.2, 0.25) is 0 Å². The van der Waals surface area contributed by atoms with E-state index in [1.165, 1.54) is 0 Å². The molecule has 0 radical (unpaired) electrons. The van der Waals surface area contributed by atoms with Gasteiger partial charge in [-0.3, -0.25) is 0 Å². The van der Waals surface area contributed by atoms with E-state index in [-0.39, 0.29) is 5.75 Å². The first-order valence-corrected chi connectivity index (χ1v) is 6.24. The number of aromatic hydroxyl groups is 1. The number of pyridine rings is 1. The van der Waals surface area contributed by atoms with Gasteiger partial charge in [-0.2, -0.15) is 0 Å². The Balaban J connectivity index is 2.19. The molecule has 3 aromatic rings. The first-order chi connectivity index (χ1) is 8.63. The Morgan fingerprint density at radius 2 is 2.11 bits per heavy atom. The second-order valence-electron chi connectivity index (χ2n) is 4.13. The quantitative estimate of drug-likeness (QED) is 0.724. The smallest absolute Gasteiger partial charge is 0.178 e. The second-order valence-corrected chi connectivity index (χ2v) is 5.05. The number of phenols is 1. The number of aryl methyl sites for hydroxylation is 1. The number of aromatic nitrogens is 3. The average Bonchev–Trinajstić information content (AvgIpc) is 2.71. The van der Waals surface area contributed by atoms with E-state index in [1.54, 1.807) is 12.3 Å². The number of hydrogen-bond donors (Lipinski definition) is 2. The fourth-order valence-electron chi connectivity index (χ4n) is 1.84. The fraction of sp³-hybridized carbons (Fsp3) is 0.0769. The van der Waals surface area contributed by atoms with E-state index in [4.69, 9.17) is 0 Å². The Bertz CT molecular complexity index is 736. The Morgan fingerprint density at radius 3 is 2.89 bits per heavy atom. The summed E-state index contributed by atoms with van der Waals surface area (Å²) in [6, 6.07) is 7.29. The lowest BCUT2D eigenvalue weighted by atomic mass is 10.2. The van der Waals surface area contributed by atoms with Crippen LogP contribution in [-0.4, -0.2) is 20.1 Å². The molecule has 0 unspecified atom stereocenters. The SMILES string of the molecule is Cc1cnc2nc(-c3ccc(Br)cc3O)[nH]c2c1. The van der Waals surface area contributed by atoms with E-state index in [2.05, 4.69) is 30.9 Å². The molecular weight excluding hydrogens is 294 g/mol. The summed E-state index contributed by atoms with van der Waals surface area (Å²) < 4.78 is 0.828. The number of aromatic amines is 1. The molecule has 2 N–H and O–H groups in total. The lowest BCUT2D eigenvalue weighted by molar-refractivity contribution is 0.476. The van der Waals surface area contributed by atoms with Gasteiger partial charge in [-0.25, -0.2) is 9.97 Å². The molecule has 0 aliphatic carbocycles. The molecule has 90 valence electrons. The normalized spacial score (nSPS) is 11.0. The van der Waals surface area contributed by atoms with Crippen LogP contribution in [0.5, 0.6) is 5.75 Å². The molecule has 0 aliphatic heterocycles. The van der Waals surface area contributed by atoms with Crippen LogP contribution in [0.1, 0.15) is 5.56 Å². The Morgan fingerprint density at radius 1 is 1.28 bits per heavy atom. The number of hydrogen-bond acceptors (Lipinski definition) is 3. The van der Waals surface area contributed by atoms with Crippen molar-refractivity contribution in [2.45, 2.75) is 6.92 Å². The maximum absolute atomic E-state index is 9.91. The van der Waals surface area contributed by atoms with Crippen LogP contribution in [0.2, 0.25) is 0 Å². The largest absolute Gasteiger partial charge is 0.507 e. The van der Waals surface area contributed by atoms with E-state index >= 15 is 0 Å². The summed E-state index contributed by atoms with van der Waals surface area (Å²) in [5, 5.41) is 9.91. The fourth-order valence-corrected chi connectivity index (χ4v) is 2.19. The van der Waals surface area contributed by atoms with Gasteiger partial charge in [0.1, 0.15) is 11.6 Å². The molecule has 4 nitrogen and oxygen atoms in total. The highest BCUT2D eigenvalue weighted by Gasteiger charge is 2.10. The molecule has 1 aromatic carbocycles. The molecule has 0 fully saturated rings. The summed E-state index contributed by atoms with van der Waals surface area (Å²) in [5.74, 6) is 0.799. The van der Waals surface area contributed by atoms with Crippen molar-refractivity contribution in [3.63, 3.8) is 0 Å². The summed E-state index contributed by atoms with van der Waals surface area (Å²) in [4.78, 5) is 11.8. The van der Waals surface area contributed by atoms with Crippen molar-refractivity contribution in [2.24, 2.45) is 0 Å². The van der Waals surface area contributed by atoms with Crippen molar-refractivity contribution in [3.05, 3.63) is 40.5 Å². The number of fused-ring (bicyclic) bond motifs is 1. The van der Waals surface area contributed by atoms with E-state index in [1.807, 2.05) is 25.1 Å². The summed E-state index contributed by atoms with van der Waals surface area (Å²) in [6.45, 7) is 1.98. The highest BCUT2D eigenvalue weighted by Crippen LogP contribution is 2.30. The van der Waals surface area contributed by atoms with Crippen molar-refractivity contribution < 1.29 is 5.11 Å². The van der Waals surface area contributed by atoms with Crippen LogP contribution in [0.3, 0.4) is 0 Å². The van der Waals surface area contributed by atoms with Gasteiger partial charge in [0.25, 0.3) is 0 Å². The number of phenolic OH excluding ortho intramolecular Hbond substituents is 1. The zero-order valence-electron chi connectivity index (χ0n) is 9.61. The number of H-pyrrole nitrogens is 1. The molecule has 2 aromatic heterocycles. The van der Waals surface area contributed by atoms with Crippen molar-refractivity contribution in [3.8, 4) is 17.1 Å². The molecule has 3 rings (SSSR count). The minimum absolute atomic E-state index is 0.181. The van der Waals surface area contributed by atoms with Crippen molar-refractivity contribution in [1.82, 2.24) is 15.0 Å². The molecule has 0 bridgehead atoms. The summed E-state index contributed by atoms with van der Waals surface area (Å²) in [7, 11) is 0. The molecule has 0 amide bonds. The highest BCUT2D eigenvalue weighted by atomic mass is 79.9. The number of rotatable bonds is 1. The predicted molar refractivity (Wildman–Crippen MR) is 73.4 cm³/mol. The molecule has 0 spiro atoms. The molecule has 0 atom stereocenters. The first kappa shape index (κ1) is 11.2. The van der Waals surface area contributed by atoms with Gasteiger partial charge < -0.3 is 10.1 Å². The van der Waals surface area contributed by atoms with Crippen molar-refractivity contribution in [1.29, 1.82) is 0 Å². The van der Waals surface area contributed by atoms with Gasteiger partial charge >= 0.3 is 0 Å². The molecule has 18 heavy (non-hydrogen) atoms. The number of benzene rings is 1. The van der Waals surface area contributed by atoms with Crippen LogP contribution in [-0.2, 0) is 0 Å². The minimum atomic E-state index is 0.181. The lowest BCUT2D eigenvalue weighted by Crippen LogP contribution is -1.81. The summed E-state index contributed by atoms with van der Waals surface area (Å²) >= 11 is 3.31. The zero-order chi connectivity index (χ0) is 12.7. The predicted octanol–water partition coefficient (Wildman–Crippen LogP) is 3.40. The van der Waals surface area contributed by atoms with E-state index in [0.717, 1.165) is 15.6 Å². The zero-order valence-corrected chi connectivity index (χ0v) is 11.2. The minimum Gasteiger partial charge on any atom is -0.507 e. The number of nitrogens with one attached hydrogen (secondary N) is 1. The van der Waals surface area contributed by atoms with Gasteiger partial charge in [0.05, 0.1) is 11.1 Å². The highest BCUT2D eigenvalue weighted by molar-refractivity contribution is 9.10. The summed E-state index contributed by atoms with van der Waals surface area (Å²) in [5.41, 5.74) is 3.25. The Kier molecular flexibility index (Phi) is 2.56. The lowest BCUT2D eigenvalue weighted by Gasteiger charge is -2.00. The summed E-state index contributed by atoms with van der Waals surface area (Å²) in [6.07, 6.45) is 1.77. The Hall–Kier alpha value is -1.88. The number of halogens is 1. The van der Waals surface area contributed by atoms with Crippen molar-refractivity contribution in [2.75, 3.05) is 0 Å². The van der Waals surface area contributed by atoms with E-state index in [9.17, 15) is 5.11 Å². The molecule has 5 heteroatoms. The van der Waals surface area contributed by atoms with E-state index < -0.39 is 0 Å². The molecule has 0 saturated heterocycles. The van der Waals surface area contributed by atoms with Gasteiger partial charge in [-0.05, 0) is 36.8 Å². The maximum Gasteiger partial charge on any atom is 0.178 e. The monoisotopic (exact) mass is 303 g/mol. The molecular formula is C13H10BrN3O. The van der Waals surface area contributed by atoms with Crippen LogP contribution in [0, 0.1) is 6.92 Å².